The third kappa shape index (κ3) is 4.05. The van der Waals surface area contributed by atoms with Gasteiger partial charge < -0.3 is 0 Å². The van der Waals surface area contributed by atoms with Crippen LogP contribution in [-0.4, -0.2) is 0 Å². The van der Waals surface area contributed by atoms with E-state index >= 15 is 0 Å². The lowest BCUT2D eigenvalue weighted by Gasteiger charge is -1.99. The molecule has 0 aromatic heterocycles. The highest BCUT2D eigenvalue weighted by Gasteiger charge is 1.96. The van der Waals surface area contributed by atoms with Crippen molar-refractivity contribution >= 4 is 12.2 Å². The summed E-state index contributed by atoms with van der Waals surface area (Å²) in [6.45, 7) is 0. The summed E-state index contributed by atoms with van der Waals surface area (Å²) in [6.07, 6.45) is 17.6. The topological polar surface area (TPSA) is 0 Å². The first-order valence-electron chi connectivity index (χ1n) is 6.80. The summed E-state index contributed by atoms with van der Waals surface area (Å²) in [7, 11) is 0. The minimum absolute atomic E-state index is 0.935. The van der Waals surface area contributed by atoms with Crippen LogP contribution in [0.1, 0.15) is 22.3 Å². The molecule has 2 aromatic carbocycles. The predicted octanol–water partition coefficient (Wildman–Crippen LogP) is 4.38. The Labute approximate surface area is 132 Å². The molecule has 102 valence electrons. The quantitative estimate of drug-likeness (QED) is 0.715. The van der Waals surface area contributed by atoms with Crippen LogP contribution in [-0.2, 0) is 0 Å². The van der Waals surface area contributed by atoms with Crippen LogP contribution >= 0.6 is 0 Å². The lowest BCUT2D eigenvalue weighted by molar-refractivity contribution is 1.58. The zero-order valence-electron chi connectivity index (χ0n) is 12.1. The molecule has 0 N–H and O–H groups in total. The normalized spacial score (nSPS) is 9.91. The fraction of sp³-hybridized carbons (Fsp3) is 0. The first-order chi connectivity index (χ1) is 10.8. The van der Waals surface area contributed by atoms with Gasteiger partial charge >= 0.3 is 0 Å². The van der Waals surface area contributed by atoms with Gasteiger partial charge in [0.1, 0.15) is 0 Å². The maximum absolute atomic E-state index is 5.26. The summed E-state index contributed by atoms with van der Waals surface area (Å²) in [5, 5.41) is 0. The van der Waals surface area contributed by atoms with Crippen molar-refractivity contribution in [3.8, 4) is 36.5 Å². The summed E-state index contributed by atoms with van der Waals surface area (Å²) in [5.74, 6) is 11.4. The lowest BCUT2D eigenvalue weighted by atomic mass is 10.0. The highest BCUT2D eigenvalue weighted by molar-refractivity contribution is 5.64. The Balaban J connectivity index is 2.41. The van der Waals surface area contributed by atoms with E-state index in [2.05, 4.69) is 23.7 Å². The molecule has 0 amide bonds. The van der Waals surface area contributed by atoms with E-state index < -0.39 is 0 Å². The number of benzene rings is 2. The molecule has 0 aliphatic carbocycles. The minimum atomic E-state index is 0.935. The fourth-order valence-corrected chi connectivity index (χ4v) is 1.92. The Bertz CT molecular complexity index is 782. The first-order valence-corrected chi connectivity index (χ1v) is 6.80. The number of allylic oxidation sites excluding steroid dienone is 2. The predicted molar refractivity (Wildman–Crippen MR) is 94.6 cm³/mol. The van der Waals surface area contributed by atoms with E-state index in [9.17, 15) is 0 Å². The largest absolute Gasteiger partial charge is 0.115 e. The van der Waals surface area contributed by atoms with Crippen LogP contribution in [0.2, 0.25) is 0 Å². The maximum atomic E-state index is 5.26. The van der Waals surface area contributed by atoms with Gasteiger partial charge in [0, 0.05) is 11.1 Å². The SMILES string of the molecule is C#CC=Cc1ccccc1C#Cc1ccccc1C=CC#C. The van der Waals surface area contributed by atoms with Gasteiger partial charge in [-0.1, -0.05) is 60.1 Å². The average molecular weight is 278 g/mol. The summed E-state index contributed by atoms with van der Waals surface area (Å²) >= 11 is 0. The van der Waals surface area contributed by atoms with E-state index in [1.165, 1.54) is 0 Å². The molecule has 0 radical (unpaired) electrons. The van der Waals surface area contributed by atoms with Gasteiger partial charge in [0.15, 0.2) is 0 Å². The Hall–Kier alpha value is -3.40. The Kier molecular flexibility index (Phi) is 5.46. The van der Waals surface area contributed by atoms with Gasteiger partial charge in [0.2, 0.25) is 0 Å². The van der Waals surface area contributed by atoms with Crippen LogP contribution < -0.4 is 0 Å². The molecule has 2 rings (SSSR count). The Morgan fingerprint density at radius 1 is 0.636 bits per heavy atom. The van der Waals surface area contributed by atoms with Crippen molar-refractivity contribution in [3.63, 3.8) is 0 Å². The van der Waals surface area contributed by atoms with Gasteiger partial charge in [-0.2, -0.15) is 0 Å². The van der Waals surface area contributed by atoms with Crippen LogP contribution in [0.15, 0.2) is 60.7 Å². The highest BCUT2D eigenvalue weighted by atomic mass is 14.0. The van der Waals surface area contributed by atoms with Crippen LogP contribution in [0.5, 0.6) is 0 Å². The molecule has 0 saturated carbocycles. The summed E-state index contributed by atoms with van der Waals surface area (Å²) in [6, 6.07) is 15.8. The van der Waals surface area contributed by atoms with Crippen molar-refractivity contribution in [1.29, 1.82) is 0 Å². The van der Waals surface area contributed by atoms with Crippen LogP contribution in [0.4, 0.5) is 0 Å². The van der Waals surface area contributed by atoms with E-state index in [1.807, 2.05) is 60.7 Å². The maximum Gasteiger partial charge on any atom is 0.0321 e. The molecular weight excluding hydrogens is 264 g/mol. The molecule has 0 unspecified atom stereocenters. The molecule has 0 aliphatic heterocycles. The summed E-state index contributed by atoms with van der Waals surface area (Å²) in [4.78, 5) is 0. The van der Waals surface area contributed by atoms with Gasteiger partial charge in [-0.05, 0) is 47.6 Å². The van der Waals surface area contributed by atoms with Crippen molar-refractivity contribution in [2.24, 2.45) is 0 Å². The van der Waals surface area contributed by atoms with E-state index in [0.717, 1.165) is 22.3 Å². The van der Waals surface area contributed by atoms with Gasteiger partial charge in [-0.15, -0.1) is 12.8 Å². The van der Waals surface area contributed by atoms with Crippen molar-refractivity contribution in [2.75, 3.05) is 0 Å². The van der Waals surface area contributed by atoms with E-state index in [0.29, 0.717) is 0 Å². The molecule has 2 aromatic rings. The number of terminal acetylenes is 2. The summed E-state index contributed by atoms with van der Waals surface area (Å²) < 4.78 is 0. The molecule has 0 heteroatoms. The molecule has 22 heavy (non-hydrogen) atoms. The van der Waals surface area contributed by atoms with E-state index in [1.54, 1.807) is 12.2 Å². The van der Waals surface area contributed by atoms with Crippen molar-refractivity contribution in [3.05, 3.63) is 82.9 Å². The molecule has 0 bridgehead atoms. The molecule has 0 aliphatic rings. The molecular formula is C22H14. The minimum Gasteiger partial charge on any atom is -0.115 e. The third-order valence-corrected chi connectivity index (χ3v) is 2.97. The standard InChI is InChI=1S/C22H14/c1-3-5-11-19-13-7-9-15-21(19)17-18-22-16-10-8-14-20(22)12-6-4-2/h1-2,5-16H. The number of hydrogen-bond acceptors (Lipinski definition) is 0. The average Bonchev–Trinajstić information content (AvgIpc) is 2.57. The number of rotatable bonds is 2. The summed E-state index contributed by atoms with van der Waals surface area (Å²) in [5.41, 5.74) is 3.88. The van der Waals surface area contributed by atoms with Crippen molar-refractivity contribution < 1.29 is 0 Å². The zero-order valence-corrected chi connectivity index (χ0v) is 12.1. The smallest absolute Gasteiger partial charge is 0.0321 e. The Morgan fingerprint density at radius 3 is 1.45 bits per heavy atom. The highest BCUT2D eigenvalue weighted by Crippen LogP contribution is 2.12. The van der Waals surface area contributed by atoms with E-state index in [-0.39, 0.29) is 0 Å². The second-order valence-corrected chi connectivity index (χ2v) is 4.42. The van der Waals surface area contributed by atoms with Crippen molar-refractivity contribution in [1.82, 2.24) is 0 Å². The molecule has 0 spiro atoms. The van der Waals surface area contributed by atoms with Crippen LogP contribution in [0.25, 0.3) is 12.2 Å². The Morgan fingerprint density at radius 2 is 1.05 bits per heavy atom. The third-order valence-electron chi connectivity index (χ3n) is 2.97. The van der Waals surface area contributed by atoms with Gasteiger partial charge in [-0.25, -0.2) is 0 Å². The van der Waals surface area contributed by atoms with Gasteiger partial charge in [0.05, 0.1) is 0 Å². The van der Waals surface area contributed by atoms with Crippen molar-refractivity contribution in [2.45, 2.75) is 0 Å². The second kappa shape index (κ2) is 8.01. The molecule has 0 nitrogen and oxygen atoms in total. The second-order valence-electron chi connectivity index (χ2n) is 4.42. The monoisotopic (exact) mass is 278 g/mol. The number of hydrogen-bond donors (Lipinski definition) is 0. The fourth-order valence-electron chi connectivity index (χ4n) is 1.92. The molecule has 0 atom stereocenters. The van der Waals surface area contributed by atoms with E-state index in [4.69, 9.17) is 12.8 Å². The van der Waals surface area contributed by atoms with Gasteiger partial charge in [0.25, 0.3) is 0 Å². The van der Waals surface area contributed by atoms with Crippen LogP contribution in [0, 0.1) is 36.5 Å². The molecule has 0 heterocycles. The van der Waals surface area contributed by atoms with Crippen LogP contribution in [0.3, 0.4) is 0 Å². The van der Waals surface area contributed by atoms with Gasteiger partial charge in [-0.3, -0.25) is 0 Å². The first kappa shape index (κ1) is 15.0. The zero-order chi connectivity index (χ0) is 15.6. The lowest BCUT2D eigenvalue weighted by Crippen LogP contribution is -1.84. The molecule has 0 fully saturated rings. The molecule has 0 saturated heterocycles.